The number of carbonyl (C=O) groups excluding carboxylic acids is 2. The topological polar surface area (TPSA) is 111 Å². The number of rotatable bonds is 10. The van der Waals surface area contributed by atoms with E-state index in [0.717, 1.165) is 18.4 Å². The van der Waals surface area contributed by atoms with Gasteiger partial charge in [0, 0.05) is 12.8 Å². The van der Waals surface area contributed by atoms with E-state index in [-0.39, 0.29) is 58.7 Å². The maximum Gasteiger partial charge on any atom is 0.481 e. The minimum absolute atomic E-state index is 0.0179. The molecule has 1 aromatic heterocycles. The van der Waals surface area contributed by atoms with Gasteiger partial charge in [0.25, 0.3) is 11.8 Å². The molecule has 0 spiro atoms. The summed E-state index contributed by atoms with van der Waals surface area (Å²) in [5, 5.41) is 10.6. The van der Waals surface area contributed by atoms with Gasteiger partial charge < -0.3 is 24.8 Å². The van der Waals surface area contributed by atoms with Crippen LogP contribution in [-0.2, 0) is 25.4 Å². The molecular formula is C33H42BClN4O5. The van der Waals surface area contributed by atoms with Gasteiger partial charge in [-0.05, 0) is 67.1 Å². The molecule has 11 heteroatoms. The highest BCUT2D eigenvalue weighted by Crippen LogP contribution is 2.65. The van der Waals surface area contributed by atoms with Crippen molar-refractivity contribution in [2.45, 2.75) is 90.0 Å². The Balaban J connectivity index is 1.18. The zero-order valence-corrected chi connectivity index (χ0v) is 26.9. The van der Waals surface area contributed by atoms with Gasteiger partial charge in [0.1, 0.15) is 10.8 Å². The molecular weight excluding hydrogens is 579 g/mol. The summed E-state index contributed by atoms with van der Waals surface area (Å²) in [6.45, 7) is 11.2. The molecule has 6 atom stereocenters. The van der Waals surface area contributed by atoms with E-state index in [1.165, 1.54) is 0 Å². The summed E-state index contributed by atoms with van der Waals surface area (Å²) in [6.07, 6.45) is 3.38. The van der Waals surface area contributed by atoms with Crippen LogP contribution in [-0.4, -0.2) is 59.4 Å². The highest BCUT2D eigenvalue weighted by atomic mass is 35.5. The van der Waals surface area contributed by atoms with Gasteiger partial charge >= 0.3 is 7.12 Å². The second-order valence-corrected chi connectivity index (χ2v) is 14.5. The third-order valence-electron chi connectivity index (χ3n) is 10.3. The third-order valence-corrected chi connectivity index (χ3v) is 10.5. The molecule has 0 radical (unpaired) electrons. The van der Waals surface area contributed by atoms with Gasteiger partial charge in [-0.15, -0.1) is 0 Å². The monoisotopic (exact) mass is 620 g/mol. The number of benzene rings is 1. The minimum Gasteiger partial charge on any atom is -0.404 e. The van der Waals surface area contributed by atoms with Crippen molar-refractivity contribution < 1.29 is 23.7 Å². The van der Waals surface area contributed by atoms with Crippen molar-refractivity contribution in [3.8, 4) is 0 Å². The normalized spacial score (nSPS) is 30.6. The molecule has 3 saturated carbocycles. The predicted octanol–water partition coefficient (Wildman–Crippen LogP) is 5.02. The molecule has 2 N–H and O–H groups in total. The van der Waals surface area contributed by atoms with Crippen LogP contribution < -0.4 is 10.6 Å². The summed E-state index contributed by atoms with van der Waals surface area (Å²) in [7, 11) is -0.549. The quantitative estimate of drug-likeness (QED) is 0.285. The molecule has 1 aromatic carbocycles. The Hall–Kier alpha value is -2.95. The first kappa shape index (κ1) is 31.1. The molecule has 4 fully saturated rings. The number of hydrogen-bond donors (Lipinski definition) is 2. The molecule has 7 rings (SSSR count). The lowest BCUT2D eigenvalue weighted by Crippen LogP contribution is -2.65. The van der Waals surface area contributed by atoms with E-state index in [4.69, 9.17) is 25.7 Å². The Morgan fingerprint density at radius 2 is 1.86 bits per heavy atom. The zero-order chi connectivity index (χ0) is 31.3. The first-order valence-corrected chi connectivity index (χ1v) is 16.1. The van der Waals surface area contributed by atoms with Gasteiger partial charge in [0.2, 0.25) is 5.60 Å². The number of aromatic nitrogens is 1. The molecule has 2 aromatic rings. The van der Waals surface area contributed by atoms with Crippen LogP contribution >= 0.6 is 11.6 Å². The van der Waals surface area contributed by atoms with E-state index in [2.05, 4.69) is 55.4 Å². The maximum atomic E-state index is 14.3. The lowest BCUT2D eigenvalue weighted by molar-refractivity contribution is -0.199. The summed E-state index contributed by atoms with van der Waals surface area (Å²) < 4.78 is 13.4. The fraction of sp³-hybridized carbons (Fsp3) is 0.576. The molecule has 5 aliphatic rings. The summed E-state index contributed by atoms with van der Waals surface area (Å²) in [5.41, 5.74) is 0.267. The smallest absolute Gasteiger partial charge is 0.404 e. The number of nitrogens with one attached hydrogen (secondary N) is 2. The molecule has 44 heavy (non-hydrogen) atoms. The number of oxime groups is 1. The van der Waals surface area contributed by atoms with Crippen molar-refractivity contribution in [2.75, 3.05) is 6.54 Å². The van der Waals surface area contributed by atoms with E-state index in [9.17, 15) is 9.59 Å². The first-order chi connectivity index (χ1) is 20.9. The molecule has 234 valence electrons. The summed E-state index contributed by atoms with van der Waals surface area (Å²) in [5.74, 6) is 0.339. The molecule has 9 nitrogen and oxygen atoms in total. The average molecular weight is 621 g/mol. The summed E-state index contributed by atoms with van der Waals surface area (Å²) in [4.78, 5) is 37.1. The van der Waals surface area contributed by atoms with Crippen molar-refractivity contribution in [3.63, 3.8) is 0 Å². The van der Waals surface area contributed by atoms with Gasteiger partial charge in [-0.3, -0.25) is 9.59 Å². The minimum atomic E-state index is -1.29. The SMILES string of the molecule is CC(C)C[C@H](NC(=O)C1(Cc2ccccc2)CC(CNC(=O)c2cccc(Cl)n2)=NO1)B1O[C@@H]2C[C@@H]3C[C@@H](C3(C)C)[C@]2(C)O1. The van der Waals surface area contributed by atoms with Crippen LogP contribution in [0.15, 0.2) is 53.7 Å². The predicted molar refractivity (Wildman–Crippen MR) is 169 cm³/mol. The lowest BCUT2D eigenvalue weighted by atomic mass is 9.43. The Morgan fingerprint density at radius 3 is 2.57 bits per heavy atom. The number of carbonyl (C=O) groups is 2. The fourth-order valence-electron chi connectivity index (χ4n) is 7.79. The Morgan fingerprint density at radius 1 is 1.09 bits per heavy atom. The third kappa shape index (κ3) is 5.76. The molecule has 1 unspecified atom stereocenters. The zero-order valence-electron chi connectivity index (χ0n) is 26.1. The Kier molecular flexibility index (Phi) is 8.31. The van der Waals surface area contributed by atoms with Gasteiger partial charge in [-0.25, -0.2) is 4.98 Å². The van der Waals surface area contributed by atoms with Crippen LogP contribution in [0.3, 0.4) is 0 Å². The standard InChI is InChI=1S/C33H42BClN4O5/c1-20(2)14-27(34-42-26-16-22-15-25(31(22,3)4)32(26,5)43-34)38-30(41)33(17-21-10-7-6-8-11-21)18-23(39-44-33)19-36-29(40)24-12-9-13-28(35)37-24/h6-13,20,22,25-27H,14-19H2,1-5H3,(H,36,40)(H,38,41)/t22-,25-,26+,27-,32-,33?/m0/s1. The summed E-state index contributed by atoms with van der Waals surface area (Å²) >= 11 is 5.95. The van der Waals surface area contributed by atoms with Crippen LogP contribution in [0.1, 0.15) is 76.4 Å². The van der Waals surface area contributed by atoms with Crippen molar-refractivity contribution in [3.05, 3.63) is 64.9 Å². The van der Waals surface area contributed by atoms with Gasteiger partial charge in [-0.1, -0.05) is 80.8 Å². The van der Waals surface area contributed by atoms with Crippen LogP contribution in [0.25, 0.3) is 0 Å². The molecule has 1 saturated heterocycles. The van der Waals surface area contributed by atoms with Crippen LogP contribution in [0, 0.1) is 23.2 Å². The molecule has 2 bridgehead atoms. The number of pyridine rings is 1. The lowest BCUT2D eigenvalue weighted by Gasteiger charge is -2.64. The largest absolute Gasteiger partial charge is 0.481 e. The highest BCUT2D eigenvalue weighted by molar-refractivity contribution is 6.48. The molecule has 2 aliphatic heterocycles. The van der Waals surface area contributed by atoms with Crippen molar-refractivity contribution >= 4 is 36.2 Å². The fourth-order valence-corrected chi connectivity index (χ4v) is 7.95. The van der Waals surface area contributed by atoms with Gasteiger partial charge in [0.15, 0.2) is 0 Å². The van der Waals surface area contributed by atoms with Crippen LogP contribution in [0.2, 0.25) is 5.15 Å². The van der Waals surface area contributed by atoms with E-state index < -0.39 is 12.7 Å². The molecule has 2 amide bonds. The van der Waals surface area contributed by atoms with Gasteiger partial charge in [-0.2, -0.15) is 0 Å². The number of halogens is 1. The number of hydrogen-bond acceptors (Lipinski definition) is 7. The van der Waals surface area contributed by atoms with E-state index in [1.54, 1.807) is 18.2 Å². The molecule has 3 heterocycles. The van der Waals surface area contributed by atoms with Crippen LogP contribution in [0.4, 0.5) is 0 Å². The Labute approximate surface area is 265 Å². The maximum absolute atomic E-state index is 14.3. The van der Waals surface area contributed by atoms with Crippen molar-refractivity contribution in [2.24, 2.45) is 28.3 Å². The van der Waals surface area contributed by atoms with Crippen molar-refractivity contribution in [1.82, 2.24) is 15.6 Å². The number of nitrogens with zero attached hydrogens (tertiary/aromatic N) is 2. The Bertz CT molecular complexity index is 1440. The van der Waals surface area contributed by atoms with Gasteiger partial charge in [0.05, 0.1) is 29.9 Å². The second kappa shape index (κ2) is 11.8. The van der Waals surface area contributed by atoms with Crippen molar-refractivity contribution in [1.29, 1.82) is 0 Å². The second-order valence-electron chi connectivity index (χ2n) is 14.2. The van der Waals surface area contributed by atoms with E-state index in [1.807, 2.05) is 30.3 Å². The van der Waals surface area contributed by atoms with E-state index in [0.29, 0.717) is 36.3 Å². The van der Waals surface area contributed by atoms with E-state index >= 15 is 0 Å². The first-order valence-electron chi connectivity index (χ1n) is 15.7. The molecule has 3 aliphatic carbocycles. The number of amides is 2. The van der Waals surface area contributed by atoms with Crippen LogP contribution in [0.5, 0.6) is 0 Å². The average Bonchev–Trinajstić information content (AvgIpc) is 3.57. The highest BCUT2D eigenvalue weighted by Gasteiger charge is 2.68. The summed E-state index contributed by atoms with van der Waals surface area (Å²) in [6, 6.07) is 14.6.